The van der Waals surface area contributed by atoms with Crippen LogP contribution in [0.4, 0.5) is 0 Å². The molecular formula is C21H41IN6O. The van der Waals surface area contributed by atoms with Gasteiger partial charge < -0.3 is 15.4 Å². The number of guanidine groups is 1. The number of nitrogens with one attached hydrogen (secondary N) is 2. The van der Waals surface area contributed by atoms with Crippen LogP contribution in [-0.2, 0) is 18.2 Å². The molecule has 29 heavy (non-hydrogen) atoms. The second-order valence-electron chi connectivity index (χ2n) is 8.39. The van der Waals surface area contributed by atoms with E-state index in [0.717, 1.165) is 50.9 Å². The highest BCUT2D eigenvalue weighted by molar-refractivity contribution is 14.0. The van der Waals surface area contributed by atoms with Crippen molar-refractivity contribution in [1.29, 1.82) is 0 Å². The number of ether oxygens (including phenoxy) is 1. The third-order valence-corrected chi connectivity index (χ3v) is 5.20. The van der Waals surface area contributed by atoms with Crippen molar-refractivity contribution in [3.8, 4) is 0 Å². The summed E-state index contributed by atoms with van der Waals surface area (Å²) in [7, 11) is 2.00. The molecule has 2 N–H and O–H groups in total. The van der Waals surface area contributed by atoms with Gasteiger partial charge in [0.2, 0.25) is 0 Å². The molecule has 1 aliphatic rings. The average molecular weight is 521 g/mol. The van der Waals surface area contributed by atoms with Crippen molar-refractivity contribution >= 4 is 29.9 Å². The van der Waals surface area contributed by atoms with Gasteiger partial charge in [-0.05, 0) is 45.6 Å². The Morgan fingerprint density at radius 3 is 2.62 bits per heavy atom. The summed E-state index contributed by atoms with van der Waals surface area (Å²) in [5.41, 5.74) is 3.66. The maximum atomic E-state index is 5.94. The molecule has 1 aliphatic heterocycles. The van der Waals surface area contributed by atoms with Gasteiger partial charge in [-0.1, -0.05) is 13.8 Å². The van der Waals surface area contributed by atoms with E-state index < -0.39 is 0 Å². The molecule has 1 aromatic rings. The van der Waals surface area contributed by atoms with Crippen molar-refractivity contribution in [3.63, 3.8) is 0 Å². The number of aromatic nitrogens is 2. The Morgan fingerprint density at radius 1 is 1.31 bits per heavy atom. The molecule has 2 unspecified atom stereocenters. The fourth-order valence-corrected chi connectivity index (χ4v) is 3.79. The van der Waals surface area contributed by atoms with E-state index in [-0.39, 0.29) is 36.1 Å². The number of nitrogens with zero attached hydrogens (tertiary/aromatic N) is 4. The molecule has 0 radical (unpaired) electrons. The predicted octanol–water partition coefficient (Wildman–Crippen LogP) is 2.50. The second-order valence-corrected chi connectivity index (χ2v) is 8.39. The summed E-state index contributed by atoms with van der Waals surface area (Å²) in [6, 6.07) is 0.268. The molecule has 0 aliphatic carbocycles. The Labute approximate surface area is 194 Å². The third kappa shape index (κ3) is 8.41. The number of hydrogen-bond donors (Lipinski definition) is 2. The van der Waals surface area contributed by atoms with E-state index >= 15 is 0 Å². The van der Waals surface area contributed by atoms with Gasteiger partial charge in [-0.15, -0.1) is 24.0 Å². The molecule has 0 bridgehead atoms. The van der Waals surface area contributed by atoms with Crippen molar-refractivity contribution in [2.24, 2.45) is 18.0 Å². The molecule has 1 fully saturated rings. The standard InChI is InChI=1S/C21H40N6O.HI/c1-8-22-21(23-12-19-14-27(9-10-28-19)13-15(2)3)24-16(4)11-20-17(5)25-26(7)18(20)6;/h15-16,19H,8-14H2,1-7H3,(H2,22,23,24);1H. The van der Waals surface area contributed by atoms with Gasteiger partial charge in [0, 0.05) is 45.0 Å². The lowest BCUT2D eigenvalue weighted by Gasteiger charge is -2.33. The number of hydrogen-bond acceptors (Lipinski definition) is 4. The van der Waals surface area contributed by atoms with Gasteiger partial charge >= 0.3 is 0 Å². The van der Waals surface area contributed by atoms with E-state index in [1.54, 1.807) is 0 Å². The van der Waals surface area contributed by atoms with Gasteiger partial charge in [0.1, 0.15) is 0 Å². The summed E-state index contributed by atoms with van der Waals surface area (Å²) in [4.78, 5) is 7.30. The summed E-state index contributed by atoms with van der Waals surface area (Å²) in [6.07, 6.45) is 1.10. The Balaban J connectivity index is 0.00000420. The first-order valence-corrected chi connectivity index (χ1v) is 10.7. The molecule has 1 saturated heterocycles. The average Bonchev–Trinajstić information content (AvgIpc) is 2.86. The van der Waals surface area contributed by atoms with E-state index in [1.165, 1.54) is 11.3 Å². The van der Waals surface area contributed by atoms with Gasteiger partial charge in [-0.2, -0.15) is 5.10 Å². The first-order valence-electron chi connectivity index (χ1n) is 10.7. The largest absolute Gasteiger partial charge is 0.374 e. The maximum absolute atomic E-state index is 5.94. The molecule has 0 amide bonds. The van der Waals surface area contributed by atoms with Crippen LogP contribution in [0.3, 0.4) is 0 Å². The zero-order chi connectivity index (χ0) is 20.7. The van der Waals surface area contributed by atoms with Gasteiger partial charge in [0.15, 0.2) is 5.96 Å². The van der Waals surface area contributed by atoms with Crippen LogP contribution in [-0.4, -0.2) is 72.1 Å². The van der Waals surface area contributed by atoms with E-state index in [9.17, 15) is 0 Å². The van der Waals surface area contributed by atoms with Crippen molar-refractivity contribution < 1.29 is 4.74 Å². The fraction of sp³-hybridized carbons (Fsp3) is 0.810. The SMILES string of the molecule is CCNC(=NCC1CN(CC(C)C)CCO1)NC(C)Cc1c(C)nn(C)c1C.I. The van der Waals surface area contributed by atoms with Crippen molar-refractivity contribution in [2.75, 3.05) is 39.3 Å². The van der Waals surface area contributed by atoms with E-state index in [1.807, 2.05) is 11.7 Å². The highest BCUT2D eigenvalue weighted by Crippen LogP contribution is 2.14. The highest BCUT2D eigenvalue weighted by atomic mass is 127. The normalized spacial score (nSPS) is 19.2. The van der Waals surface area contributed by atoms with Gasteiger partial charge in [-0.25, -0.2) is 0 Å². The summed E-state index contributed by atoms with van der Waals surface area (Å²) in [6.45, 7) is 18.5. The fourth-order valence-electron chi connectivity index (χ4n) is 3.79. The van der Waals surface area contributed by atoms with Crippen LogP contribution < -0.4 is 10.6 Å². The Kier molecular flexibility index (Phi) is 11.5. The summed E-state index contributed by atoms with van der Waals surface area (Å²) in [5, 5.41) is 11.4. The Hall–Kier alpha value is -0.870. The lowest BCUT2D eigenvalue weighted by atomic mass is 10.1. The molecule has 8 heteroatoms. The molecule has 2 atom stereocenters. The smallest absolute Gasteiger partial charge is 0.191 e. The molecule has 0 saturated carbocycles. The Morgan fingerprint density at radius 2 is 2.03 bits per heavy atom. The Bertz CT molecular complexity index is 645. The minimum absolute atomic E-state index is 0. The highest BCUT2D eigenvalue weighted by Gasteiger charge is 2.21. The zero-order valence-corrected chi connectivity index (χ0v) is 21.6. The van der Waals surface area contributed by atoms with Crippen molar-refractivity contribution in [2.45, 2.75) is 60.1 Å². The van der Waals surface area contributed by atoms with Crippen LogP contribution in [0.15, 0.2) is 4.99 Å². The second kappa shape index (κ2) is 12.7. The summed E-state index contributed by atoms with van der Waals surface area (Å²) < 4.78 is 7.90. The first kappa shape index (κ1) is 26.2. The molecule has 0 aromatic carbocycles. The van der Waals surface area contributed by atoms with E-state index in [4.69, 9.17) is 9.73 Å². The van der Waals surface area contributed by atoms with Gasteiger partial charge in [0.05, 0.1) is 24.9 Å². The quantitative estimate of drug-likeness (QED) is 0.313. The van der Waals surface area contributed by atoms with E-state index in [0.29, 0.717) is 12.5 Å². The zero-order valence-electron chi connectivity index (χ0n) is 19.3. The number of rotatable bonds is 8. The molecule has 7 nitrogen and oxygen atoms in total. The van der Waals surface area contributed by atoms with Gasteiger partial charge in [-0.3, -0.25) is 14.6 Å². The molecule has 2 heterocycles. The minimum Gasteiger partial charge on any atom is -0.374 e. The monoisotopic (exact) mass is 520 g/mol. The summed E-state index contributed by atoms with van der Waals surface area (Å²) in [5.74, 6) is 1.54. The maximum Gasteiger partial charge on any atom is 0.191 e. The van der Waals surface area contributed by atoms with Crippen LogP contribution in [0.5, 0.6) is 0 Å². The van der Waals surface area contributed by atoms with Crippen molar-refractivity contribution in [3.05, 3.63) is 17.0 Å². The molecular weight excluding hydrogens is 479 g/mol. The van der Waals surface area contributed by atoms with Crippen LogP contribution >= 0.6 is 24.0 Å². The molecule has 0 spiro atoms. The number of aliphatic imine (C=N–C) groups is 1. The van der Waals surface area contributed by atoms with Crippen LogP contribution in [0.25, 0.3) is 0 Å². The van der Waals surface area contributed by atoms with Crippen LogP contribution in [0.1, 0.15) is 44.6 Å². The first-order chi connectivity index (χ1) is 13.3. The molecule has 2 rings (SSSR count). The van der Waals surface area contributed by atoms with Gasteiger partial charge in [0.25, 0.3) is 0 Å². The predicted molar refractivity (Wildman–Crippen MR) is 131 cm³/mol. The molecule has 168 valence electrons. The minimum atomic E-state index is 0. The lowest BCUT2D eigenvalue weighted by molar-refractivity contribution is -0.0262. The summed E-state index contributed by atoms with van der Waals surface area (Å²) >= 11 is 0. The lowest BCUT2D eigenvalue weighted by Crippen LogP contribution is -2.47. The van der Waals surface area contributed by atoms with Crippen LogP contribution in [0, 0.1) is 19.8 Å². The third-order valence-electron chi connectivity index (χ3n) is 5.20. The molecule has 1 aromatic heterocycles. The number of aryl methyl sites for hydroxylation is 2. The van der Waals surface area contributed by atoms with Crippen LogP contribution in [0.2, 0.25) is 0 Å². The number of morpholine rings is 1. The topological polar surface area (TPSA) is 66.7 Å². The van der Waals surface area contributed by atoms with E-state index in [2.05, 4.69) is 62.2 Å². The number of halogens is 1. The van der Waals surface area contributed by atoms with Crippen molar-refractivity contribution in [1.82, 2.24) is 25.3 Å².